The van der Waals surface area contributed by atoms with Crippen molar-refractivity contribution in [1.29, 1.82) is 0 Å². The number of anilines is 1. The van der Waals surface area contributed by atoms with Gasteiger partial charge in [0, 0.05) is 12.2 Å². The van der Waals surface area contributed by atoms with Gasteiger partial charge in [0.25, 0.3) is 0 Å². The monoisotopic (exact) mass is 221 g/mol. The molecule has 0 atom stereocenters. The molecule has 0 spiro atoms. The highest BCUT2D eigenvalue weighted by Gasteiger charge is 2.17. The smallest absolute Gasteiger partial charge is 0.128 e. The lowest BCUT2D eigenvalue weighted by atomic mass is 9.86. The third-order valence-electron chi connectivity index (χ3n) is 2.93. The number of aryl methyl sites for hydroxylation is 1. The Hall–Kier alpha value is -1.05. The fourth-order valence-corrected chi connectivity index (χ4v) is 2.25. The SMILES string of the molecule is CC(C)(C)Cc1cc2c(cc1F)NCCC2. The van der Waals surface area contributed by atoms with Crippen molar-refractivity contribution in [2.24, 2.45) is 5.41 Å². The molecule has 0 amide bonds. The molecule has 0 aromatic heterocycles. The highest BCUT2D eigenvalue weighted by Crippen LogP contribution is 2.29. The van der Waals surface area contributed by atoms with Gasteiger partial charge in [0.05, 0.1) is 0 Å². The second-order valence-electron chi connectivity index (χ2n) is 5.87. The molecular formula is C14H20FN. The van der Waals surface area contributed by atoms with E-state index in [1.807, 2.05) is 6.07 Å². The van der Waals surface area contributed by atoms with Gasteiger partial charge < -0.3 is 5.32 Å². The van der Waals surface area contributed by atoms with Crippen LogP contribution < -0.4 is 5.32 Å². The maximum absolute atomic E-state index is 13.9. The van der Waals surface area contributed by atoms with E-state index in [2.05, 4.69) is 26.1 Å². The number of hydrogen-bond donors (Lipinski definition) is 1. The molecule has 88 valence electrons. The summed E-state index contributed by atoms with van der Waals surface area (Å²) in [6, 6.07) is 3.71. The number of nitrogens with one attached hydrogen (secondary N) is 1. The van der Waals surface area contributed by atoms with Crippen LogP contribution in [0.1, 0.15) is 38.3 Å². The molecule has 0 radical (unpaired) electrons. The fraction of sp³-hybridized carbons (Fsp3) is 0.571. The number of hydrogen-bond acceptors (Lipinski definition) is 1. The Bertz CT molecular complexity index is 390. The molecule has 1 heterocycles. The molecule has 1 nitrogen and oxygen atoms in total. The van der Waals surface area contributed by atoms with Crippen molar-refractivity contribution in [2.45, 2.75) is 40.0 Å². The Morgan fingerprint density at radius 1 is 1.31 bits per heavy atom. The molecule has 0 aliphatic carbocycles. The van der Waals surface area contributed by atoms with Crippen LogP contribution in [-0.4, -0.2) is 6.54 Å². The predicted molar refractivity (Wildman–Crippen MR) is 66.4 cm³/mol. The summed E-state index contributed by atoms with van der Waals surface area (Å²) in [7, 11) is 0. The minimum atomic E-state index is -0.0666. The summed E-state index contributed by atoms with van der Waals surface area (Å²) in [4.78, 5) is 0. The summed E-state index contributed by atoms with van der Waals surface area (Å²) in [5.74, 6) is -0.0666. The van der Waals surface area contributed by atoms with Crippen molar-refractivity contribution in [3.63, 3.8) is 0 Å². The lowest BCUT2D eigenvalue weighted by molar-refractivity contribution is 0.402. The van der Waals surface area contributed by atoms with Crippen LogP contribution in [0.2, 0.25) is 0 Å². The van der Waals surface area contributed by atoms with Gasteiger partial charge in [-0.2, -0.15) is 0 Å². The van der Waals surface area contributed by atoms with E-state index in [1.165, 1.54) is 5.56 Å². The second kappa shape index (κ2) is 4.08. The normalized spacial score (nSPS) is 15.5. The summed E-state index contributed by atoms with van der Waals surface area (Å²) >= 11 is 0. The van der Waals surface area contributed by atoms with E-state index in [9.17, 15) is 4.39 Å². The van der Waals surface area contributed by atoms with Crippen LogP contribution in [0.3, 0.4) is 0 Å². The number of fused-ring (bicyclic) bond motifs is 1. The van der Waals surface area contributed by atoms with Crippen LogP contribution >= 0.6 is 0 Å². The van der Waals surface area contributed by atoms with Crippen molar-refractivity contribution >= 4 is 5.69 Å². The lowest BCUT2D eigenvalue weighted by Crippen LogP contribution is -2.15. The summed E-state index contributed by atoms with van der Waals surface area (Å²) in [6.45, 7) is 7.39. The molecule has 1 aromatic carbocycles. The van der Waals surface area contributed by atoms with Gasteiger partial charge in [-0.25, -0.2) is 4.39 Å². The average molecular weight is 221 g/mol. The first-order valence-electron chi connectivity index (χ1n) is 6.01. The Morgan fingerprint density at radius 3 is 2.75 bits per heavy atom. The highest BCUT2D eigenvalue weighted by atomic mass is 19.1. The Morgan fingerprint density at radius 2 is 2.06 bits per heavy atom. The number of halogens is 1. The minimum absolute atomic E-state index is 0.0666. The van der Waals surface area contributed by atoms with E-state index < -0.39 is 0 Å². The van der Waals surface area contributed by atoms with Crippen LogP contribution in [0.25, 0.3) is 0 Å². The highest BCUT2D eigenvalue weighted by molar-refractivity contribution is 5.55. The van der Waals surface area contributed by atoms with Crippen molar-refractivity contribution in [3.05, 3.63) is 29.1 Å². The quantitative estimate of drug-likeness (QED) is 0.761. The van der Waals surface area contributed by atoms with Crippen molar-refractivity contribution < 1.29 is 4.39 Å². The van der Waals surface area contributed by atoms with Gasteiger partial charge in [-0.3, -0.25) is 0 Å². The zero-order valence-electron chi connectivity index (χ0n) is 10.4. The zero-order chi connectivity index (χ0) is 11.8. The van der Waals surface area contributed by atoms with Crippen molar-refractivity contribution in [3.8, 4) is 0 Å². The maximum atomic E-state index is 13.9. The maximum Gasteiger partial charge on any atom is 0.128 e. The molecule has 2 rings (SSSR count). The van der Waals surface area contributed by atoms with Gasteiger partial charge in [0.1, 0.15) is 5.82 Å². The topological polar surface area (TPSA) is 12.0 Å². The van der Waals surface area contributed by atoms with Gasteiger partial charge >= 0.3 is 0 Å². The fourth-order valence-electron chi connectivity index (χ4n) is 2.25. The molecule has 16 heavy (non-hydrogen) atoms. The Labute approximate surface area is 97.1 Å². The minimum Gasteiger partial charge on any atom is -0.385 e. The predicted octanol–water partition coefficient (Wildman–Crippen LogP) is 3.77. The number of rotatable bonds is 1. The zero-order valence-corrected chi connectivity index (χ0v) is 10.4. The molecule has 0 saturated heterocycles. The van der Waals surface area contributed by atoms with E-state index >= 15 is 0 Å². The second-order valence-corrected chi connectivity index (χ2v) is 5.87. The third-order valence-corrected chi connectivity index (χ3v) is 2.93. The van der Waals surface area contributed by atoms with E-state index in [4.69, 9.17) is 0 Å². The van der Waals surface area contributed by atoms with Crippen LogP contribution in [0.5, 0.6) is 0 Å². The lowest BCUT2D eigenvalue weighted by Gasteiger charge is -2.22. The Kier molecular flexibility index (Phi) is 2.92. The molecule has 0 saturated carbocycles. The summed E-state index contributed by atoms with van der Waals surface area (Å²) < 4.78 is 13.9. The summed E-state index contributed by atoms with van der Waals surface area (Å²) in [5.41, 5.74) is 3.25. The standard InChI is InChI=1S/C14H20FN/c1-14(2,3)9-11-7-10-5-4-6-16-13(10)8-12(11)15/h7-8,16H,4-6,9H2,1-3H3. The van der Waals surface area contributed by atoms with Gasteiger partial charge in [0.15, 0.2) is 0 Å². The first-order valence-corrected chi connectivity index (χ1v) is 6.01. The van der Waals surface area contributed by atoms with E-state index in [-0.39, 0.29) is 11.2 Å². The Balaban J connectivity index is 2.32. The van der Waals surface area contributed by atoms with Gasteiger partial charge in [0.2, 0.25) is 0 Å². The summed E-state index contributed by atoms with van der Waals surface area (Å²) in [5, 5.41) is 3.25. The van der Waals surface area contributed by atoms with Gasteiger partial charge in [-0.05, 0) is 41.9 Å². The summed E-state index contributed by atoms with van der Waals surface area (Å²) in [6.07, 6.45) is 3.01. The average Bonchev–Trinajstić information content (AvgIpc) is 2.17. The largest absolute Gasteiger partial charge is 0.385 e. The van der Waals surface area contributed by atoms with E-state index in [0.29, 0.717) is 0 Å². The first-order chi connectivity index (χ1) is 7.46. The molecule has 1 aliphatic heterocycles. The molecule has 1 aliphatic rings. The molecule has 2 heteroatoms. The molecule has 1 aromatic rings. The van der Waals surface area contributed by atoms with Crippen LogP contribution in [-0.2, 0) is 12.8 Å². The van der Waals surface area contributed by atoms with Crippen LogP contribution in [0, 0.1) is 11.2 Å². The first kappa shape index (κ1) is 11.4. The molecule has 0 unspecified atom stereocenters. The third kappa shape index (κ3) is 2.55. The van der Waals surface area contributed by atoms with E-state index in [1.54, 1.807) is 6.07 Å². The molecule has 0 fully saturated rings. The van der Waals surface area contributed by atoms with Crippen LogP contribution in [0.15, 0.2) is 12.1 Å². The van der Waals surface area contributed by atoms with Crippen molar-refractivity contribution in [1.82, 2.24) is 0 Å². The van der Waals surface area contributed by atoms with Crippen LogP contribution in [0.4, 0.5) is 10.1 Å². The molecular weight excluding hydrogens is 201 g/mol. The molecule has 0 bridgehead atoms. The number of benzene rings is 1. The van der Waals surface area contributed by atoms with Gasteiger partial charge in [-0.1, -0.05) is 26.8 Å². The van der Waals surface area contributed by atoms with E-state index in [0.717, 1.165) is 37.1 Å². The van der Waals surface area contributed by atoms with Crippen molar-refractivity contribution in [2.75, 3.05) is 11.9 Å². The molecule has 1 N–H and O–H groups in total. The van der Waals surface area contributed by atoms with Gasteiger partial charge in [-0.15, -0.1) is 0 Å².